The monoisotopic (exact) mass is 485 g/mol. The van der Waals surface area contributed by atoms with E-state index in [4.69, 9.17) is 25.0 Å². The van der Waals surface area contributed by atoms with Gasteiger partial charge in [0.25, 0.3) is 5.56 Å². The van der Waals surface area contributed by atoms with E-state index in [-0.39, 0.29) is 30.1 Å². The number of H-pyrrole nitrogens is 1. The average molecular weight is 485 g/mol. The Kier molecular flexibility index (Phi) is 6.98. The molecule has 1 saturated heterocycles. The molecule has 1 aliphatic heterocycles. The predicted octanol–water partition coefficient (Wildman–Crippen LogP) is -1.16. The standard InChI is InChI=1S/C13H21N5O11P2/c1-26-3-2-6-7(4-27-31(24,25)29-30(21,22)23)28-12(9(6)19)18-5-15-8-10(18)16-13(14)17-11(8)20/h5-7,9,12,19H,2-4H2,1H3,(H,24,25)(H2,21,22,23)(H3,14,16,17,20)/t6-,7-,9-,12-/m1/s1. The van der Waals surface area contributed by atoms with Gasteiger partial charge in [-0.15, -0.1) is 0 Å². The maximum absolute atomic E-state index is 12.0. The molecule has 174 valence electrons. The van der Waals surface area contributed by atoms with Crippen molar-refractivity contribution in [2.75, 3.05) is 26.1 Å². The van der Waals surface area contributed by atoms with E-state index in [9.17, 15) is 23.9 Å². The SMILES string of the molecule is COCC[C@H]1[C@@H](O)[C@H](n2cnc3c(=O)[nH]c(N)nc32)O[C@@H]1COP(=O)(O)OP(=O)(O)O. The van der Waals surface area contributed by atoms with E-state index in [0.717, 1.165) is 0 Å². The zero-order chi connectivity index (χ0) is 23.0. The van der Waals surface area contributed by atoms with Crippen LogP contribution in [0.2, 0.25) is 0 Å². The lowest BCUT2D eigenvalue weighted by Gasteiger charge is -2.20. The minimum Gasteiger partial charge on any atom is -0.388 e. The molecule has 0 aliphatic carbocycles. The van der Waals surface area contributed by atoms with E-state index in [1.807, 2.05) is 0 Å². The van der Waals surface area contributed by atoms with Crippen LogP contribution in [0.15, 0.2) is 11.1 Å². The summed E-state index contributed by atoms with van der Waals surface area (Å²) in [6.45, 7) is -0.460. The van der Waals surface area contributed by atoms with Gasteiger partial charge in [0.2, 0.25) is 5.95 Å². The number of nitrogens with two attached hydrogens (primary N) is 1. The second kappa shape index (κ2) is 9.03. The first-order chi connectivity index (χ1) is 14.4. The Morgan fingerprint density at radius 3 is 2.71 bits per heavy atom. The molecule has 0 saturated carbocycles. The fourth-order valence-electron chi connectivity index (χ4n) is 3.25. The van der Waals surface area contributed by atoms with Gasteiger partial charge in [0.1, 0.15) is 6.10 Å². The van der Waals surface area contributed by atoms with Crippen molar-refractivity contribution in [3.05, 3.63) is 16.7 Å². The Bertz CT molecular complexity index is 1080. The molecule has 2 aromatic heterocycles. The van der Waals surface area contributed by atoms with Gasteiger partial charge in [-0.05, 0) is 6.42 Å². The highest BCUT2D eigenvalue weighted by molar-refractivity contribution is 7.60. The molecule has 1 unspecified atom stereocenters. The number of anilines is 1. The number of nitrogen functional groups attached to an aromatic ring is 1. The molecule has 16 nitrogen and oxygen atoms in total. The number of aromatic nitrogens is 4. The number of ether oxygens (including phenoxy) is 2. The zero-order valence-corrected chi connectivity index (χ0v) is 17.8. The third kappa shape index (κ3) is 5.56. The third-order valence-corrected chi connectivity index (χ3v) is 6.67. The molecule has 5 atom stereocenters. The van der Waals surface area contributed by atoms with E-state index in [0.29, 0.717) is 0 Å². The van der Waals surface area contributed by atoms with Crippen LogP contribution < -0.4 is 11.3 Å². The minimum atomic E-state index is -5.30. The number of aliphatic hydroxyl groups is 1. The molecule has 18 heteroatoms. The van der Waals surface area contributed by atoms with Crippen LogP contribution in [0.5, 0.6) is 0 Å². The summed E-state index contributed by atoms with van der Waals surface area (Å²) in [7, 11) is -8.98. The van der Waals surface area contributed by atoms with E-state index in [2.05, 4.69) is 23.8 Å². The summed E-state index contributed by atoms with van der Waals surface area (Å²) in [6.07, 6.45) is -1.92. The summed E-state index contributed by atoms with van der Waals surface area (Å²) in [5.74, 6) is -0.879. The molecular formula is C13H21N5O11P2. The van der Waals surface area contributed by atoms with E-state index in [1.165, 1.54) is 18.0 Å². The molecule has 1 fully saturated rings. The van der Waals surface area contributed by atoms with Gasteiger partial charge in [-0.25, -0.2) is 14.1 Å². The van der Waals surface area contributed by atoms with Crippen molar-refractivity contribution in [2.24, 2.45) is 5.92 Å². The number of nitrogens with one attached hydrogen (secondary N) is 1. The van der Waals surface area contributed by atoms with E-state index >= 15 is 0 Å². The van der Waals surface area contributed by atoms with Crippen LogP contribution in [0.25, 0.3) is 11.2 Å². The number of phosphoric acid groups is 2. The van der Waals surface area contributed by atoms with Crippen LogP contribution in [-0.4, -0.2) is 71.8 Å². The summed E-state index contributed by atoms with van der Waals surface area (Å²) in [5, 5.41) is 10.8. The van der Waals surface area contributed by atoms with E-state index in [1.54, 1.807) is 0 Å². The zero-order valence-electron chi connectivity index (χ0n) is 16.0. The summed E-state index contributed by atoms with van der Waals surface area (Å²) >= 11 is 0. The lowest BCUT2D eigenvalue weighted by molar-refractivity contribution is -0.0488. The van der Waals surface area contributed by atoms with Gasteiger partial charge < -0.3 is 35.0 Å². The minimum absolute atomic E-state index is 0.0371. The Labute approximate surface area is 173 Å². The number of rotatable bonds is 9. The Balaban J connectivity index is 1.85. The van der Waals surface area contributed by atoms with Crippen molar-refractivity contribution >= 4 is 32.8 Å². The van der Waals surface area contributed by atoms with Crippen molar-refractivity contribution in [3.63, 3.8) is 0 Å². The van der Waals surface area contributed by atoms with Gasteiger partial charge >= 0.3 is 15.6 Å². The van der Waals surface area contributed by atoms with Crippen molar-refractivity contribution in [1.82, 2.24) is 19.5 Å². The van der Waals surface area contributed by atoms with Crippen LogP contribution >= 0.6 is 15.6 Å². The van der Waals surface area contributed by atoms with Crippen molar-refractivity contribution in [3.8, 4) is 0 Å². The number of aliphatic hydroxyl groups excluding tert-OH is 1. The lowest BCUT2D eigenvalue weighted by atomic mass is 9.95. The first kappa shape index (κ1) is 23.9. The smallest absolute Gasteiger partial charge is 0.388 e. The van der Waals surface area contributed by atoms with Gasteiger partial charge in [0.05, 0.1) is 19.0 Å². The molecule has 0 spiro atoms. The third-order valence-electron chi connectivity index (χ3n) is 4.51. The van der Waals surface area contributed by atoms with Crippen LogP contribution in [0.4, 0.5) is 5.95 Å². The second-order valence-electron chi connectivity index (χ2n) is 6.61. The van der Waals surface area contributed by atoms with Crippen LogP contribution in [-0.2, 0) is 27.4 Å². The van der Waals surface area contributed by atoms with Gasteiger partial charge in [-0.3, -0.25) is 18.9 Å². The van der Waals surface area contributed by atoms with E-state index < -0.39 is 52.2 Å². The fraction of sp³-hybridized carbons (Fsp3) is 0.615. The summed E-state index contributed by atoms with van der Waals surface area (Å²) in [4.78, 5) is 49.1. The molecule has 0 bridgehead atoms. The highest BCUT2D eigenvalue weighted by Gasteiger charge is 2.46. The lowest BCUT2D eigenvalue weighted by Crippen LogP contribution is -2.29. The Morgan fingerprint density at radius 1 is 1.35 bits per heavy atom. The van der Waals surface area contributed by atoms with Crippen molar-refractivity contribution in [1.29, 1.82) is 0 Å². The summed E-state index contributed by atoms with van der Waals surface area (Å²) in [6, 6.07) is 0. The van der Waals surface area contributed by atoms with Gasteiger partial charge in [-0.2, -0.15) is 9.29 Å². The van der Waals surface area contributed by atoms with Gasteiger partial charge in [0.15, 0.2) is 17.4 Å². The molecule has 1 aliphatic rings. The van der Waals surface area contributed by atoms with Crippen LogP contribution in [0.3, 0.4) is 0 Å². The van der Waals surface area contributed by atoms with Crippen LogP contribution in [0.1, 0.15) is 12.6 Å². The maximum Gasteiger partial charge on any atom is 0.481 e. The van der Waals surface area contributed by atoms with Crippen molar-refractivity contribution in [2.45, 2.75) is 24.9 Å². The molecule has 2 aromatic rings. The second-order valence-corrected chi connectivity index (χ2v) is 9.44. The number of methoxy groups -OCH3 is 1. The topological polar surface area (TPSA) is 242 Å². The first-order valence-electron chi connectivity index (χ1n) is 8.71. The Morgan fingerprint density at radius 2 is 2.06 bits per heavy atom. The molecule has 7 N–H and O–H groups in total. The summed E-state index contributed by atoms with van der Waals surface area (Å²) < 4.78 is 43.0. The number of hydrogen-bond donors (Lipinski definition) is 6. The number of aromatic amines is 1. The molecule has 0 aromatic carbocycles. The maximum atomic E-state index is 12.0. The normalized spacial score (nSPS) is 26.4. The highest BCUT2D eigenvalue weighted by atomic mass is 31.3. The number of imidazole rings is 1. The highest BCUT2D eigenvalue weighted by Crippen LogP contribution is 2.58. The predicted molar refractivity (Wildman–Crippen MR) is 101 cm³/mol. The van der Waals surface area contributed by atoms with Gasteiger partial charge in [0, 0.05) is 19.6 Å². The van der Waals surface area contributed by atoms with Crippen LogP contribution in [0, 0.1) is 5.92 Å². The largest absolute Gasteiger partial charge is 0.481 e. The quantitative estimate of drug-likeness (QED) is 0.230. The first-order valence-corrected chi connectivity index (χ1v) is 11.7. The number of phosphoric ester groups is 1. The molecule has 3 rings (SSSR count). The Hall–Kier alpha value is -1.71. The number of hydrogen-bond acceptors (Lipinski definition) is 11. The fourth-order valence-corrected chi connectivity index (χ4v) is 4.85. The molecule has 31 heavy (non-hydrogen) atoms. The number of fused-ring (bicyclic) bond motifs is 1. The molecule has 0 radical (unpaired) electrons. The molecule has 3 heterocycles. The average Bonchev–Trinajstić information content (AvgIpc) is 3.17. The van der Waals surface area contributed by atoms with Gasteiger partial charge in [-0.1, -0.05) is 0 Å². The summed E-state index contributed by atoms with van der Waals surface area (Å²) in [5.41, 5.74) is 4.96. The number of nitrogens with zero attached hydrogens (tertiary/aromatic N) is 3. The van der Waals surface area contributed by atoms with Crippen molar-refractivity contribution < 1.29 is 47.2 Å². The molecule has 0 amide bonds. The molecular weight excluding hydrogens is 464 g/mol.